The molecule has 102 valence electrons. The Balaban J connectivity index is 1.74. The summed E-state index contributed by atoms with van der Waals surface area (Å²) < 4.78 is 0. The highest BCUT2D eigenvalue weighted by Gasteiger charge is 2.16. The van der Waals surface area contributed by atoms with Crippen LogP contribution in [0.1, 0.15) is 27.9 Å². The van der Waals surface area contributed by atoms with E-state index in [1.807, 2.05) is 30.3 Å². The molecule has 0 radical (unpaired) electrons. The maximum absolute atomic E-state index is 12.3. The van der Waals surface area contributed by atoms with Crippen molar-refractivity contribution in [3.8, 4) is 0 Å². The Bertz CT molecular complexity index is 610. The van der Waals surface area contributed by atoms with Crippen molar-refractivity contribution in [1.29, 1.82) is 0 Å². The van der Waals surface area contributed by atoms with E-state index in [1.54, 1.807) is 12.4 Å². The lowest BCUT2D eigenvalue weighted by atomic mass is 9.97. The van der Waals surface area contributed by atoms with Crippen LogP contribution in [-0.2, 0) is 13.0 Å². The first-order chi connectivity index (χ1) is 9.84. The van der Waals surface area contributed by atoms with Crippen molar-refractivity contribution in [2.45, 2.75) is 19.4 Å². The highest BCUT2D eigenvalue weighted by Crippen LogP contribution is 2.25. The monoisotopic (exact) mass is 267 g/mol. The van der Waals surface area contributed by atoms with Gasteiger partial charge in [-0.05, 0) is 48.2 Å². The molecule has 4 nitrogen and oxygen atoms in total. The Morgan fingerprint density at radius 3 is 2.95 bits per heavy atom. The van der Waals surface area contributed by atoms with Gasteiger partial charge < -0.3 is 10.6 Å². The van der Waals surface area contributed by atoms with Crippen LogP contribution in [0.15, 0.2) is 42.7 Å². The summed E-state index contributed by atoms with van der Waals surface area (Å²) in [6, 6.07) is 9.67. The van der Waals surface area contributed by atoms with Crippen LogP contribution in [0.2, 0.25) is 0 Å². The first-order valence-corrected chi connectivity index (χ1v) is 6.87. The van der Waals surface area contributed by atoms with Crippen molar-refractivity contribution >= 4 is 11.6 Å². The summed E-state index contributed by atoms with van der Waals surface area (Å²) in [5.41, 5.74) is 4.05. The fourth-order valence-electron chi connectivity index (χ4n) is 2.50. The number of benzene rings is 1. The van der Waals surface area contributed by atoms with Crippen LogP contribution >= 0.6 is 0 Å². The molecular weight excluding hydrogens is 250 g/mol. The number of nitrogens with one attached hydrogen (secondary N) is 2. The zero-order valence-corrected chi connectivity index (χ0v) is 11.2. The number of carbonyl (C=O) groups excluding carboxylic acids is 1. The molecule has 1 aromatic carbocycles. The quantitative estimate of drug-likeness (QED) is 0.897. The molecule has 2 N–H and O–H groups in total. The van der Waals surface area contributed by atoms with Gasteiger partial charge in [0.05, 0.1) is 0 Å². The van der Waals surface area contributed by atoms with Gasteiger partial charge in [0.25, 0.3) is 5.91 Å². The second-order valence-corrected chi connectivity index (χ2v) is 4.90. The molecule has 0 unspecified atom stereocenters. The molecule has 1 aliphatic rings. The van der Waals surface area contributed by atoms with Crippen LogP contribution in [0, 0.1) is 0 Å². The highest BCUT2D eigenvalue weighted by molar-refractivity contribution is 5.97. The minimum atomic E-state index is -0.0117. The average Bonchev–Trinajstić information content (AvgIpc) is 2.53. The van der Waals surface area contributed by atoms with Crippen molar-refractivity contribution in [1.82, 2.24) is 10.3 Å². The average molecular weight is 267 g/mol. The number of fused-ring (bicyclic) bond motifs is 1. The van der Waals surface area contributed by atoms with Crippen molar-refractivity contribution in [3.05, 3.63) is 59.4 Å². The smallest absolute Gasteiger partial charge is 0.251 e. The van der Waals surface area contributed by atoms with Gasteiger partial charge in [0, 0.05) is 36.7 Å². The van der Waals surface area contributed by atoms with E-state index < -0.39 is 0 Å². The number of hydrogen-bond donors (Lipinski definition) is 2. The normalized spacial score (nSPS) is 13.2. The molecule has 0 atom stereocenters. The number of rotatable bonds is 3. The topological polar surface area (TPSA) is 54.0 Å². The van der Waals surface area contributed by atoms with E-state index in [9.17, 15) is 4.79 Å². The number of carbonyl (C=O) groups is 1. The molecule has 0 saturated carbocycles. The third kappa shape index (κ3) is 2.64. The summed E-state index contributed by atoms with van der Waals surface area (Å²) in [7, 11) is 0. The summed E-state index contributed by atoms with van der Waals surface area (Å²) in [4.78, 5) is 16.3. The van der Waals surface area contributed by atoms with E-state index in [-0.39, 0.29) is 5.91 Å². The maximum Gasteiger partial charge on any atom is 0.251 e. The van der Waals surface area contributed by atoms with Gasteiger partial charge >= 0.3 is 0 Å². The predicted octanol–water partition coefficient (Wildman–Crippen LogP) is 2.37. The van der Waals surface area contributed by atoms with Crippen LogP contribution in [0.4, 0.5) is 5.69 Å². The zero-order valence-electron chi connectivity index (χ0n) is 11.2. The largest absolute Gasteiger partial charge is 0.385 e. The second kappa shape index (κ2) is 5.74. The Hall–Kier alpha value is -2.36. The van der Waals surface area contributed by atoms with Gasteiger partial charge in [-0.3, -0.25) is 9.78 Å². The van der Waals surface area contributed by atoms with E-state index in [2.05, 4.69) is 15.6 Å². The summed E-state index contributed by atoms with van der Waals surface area (Å²) in [5.74, 6) is -0.0117. The summed E-state index contributed by atoms with van der Waals surface area (Å²) in [6.07, 6.45) is 5.49. The van der Waals surface area contributed by atoms with Crippen LogP contribution in [-0.4, -0.2) is 17.4 Å². The summed E-state index contributed by atoms with van der Waals surface area (Å²) in [6.45, 7) is 1.51. The van der Waals surface area contributed by atoms with Gasteiger partial charge in [0.1, 0.15) is 0 Å². The SMILES string of the molecule is O=C(NCc1ccncc1)c1cccc2c1CCCN2. The van der Waals surface area contributed by atoms with Crippen LogP contribution in [0.3, 0.4) is 0 Å². The number of anilines is 1. The van der Waals surface area contributed by atoms with Gasteiger partial charge in [-0.1, -0.05) is 6.07 Å². The Labute approximate surface area is 118 Å². The van der Waals surface area contributed by atoms with Gasteiger partial charge in [0.2, 0.25) is 0 Å². The lowest BCUT2D eigenvalue weighted by Crippen LogP contribution is -2.25. The van der Waals surface area contributed by atoms with Crippen molar-refractivity contribution in [3.63, 3.8) is 0 Å². The standard InChI is InChI=1S/C16H17N3O/c20-16(19-11-12-6-9-17-10-7-12)14-3-1-5-15-13(14)4-2-8-18-15/h1,3,5-7,9-10,18H,2,4,8,11H2,(H,19,20). The van der Waals surface area contributed by atoms with E-state index >= 15 is 0 Å². The molecule has 0 saturated heterocycles. The maximum atomic E-state index is 12.3. The molecule has 1 aromatic heterocycles. The molecule has 2 heterocycles. The zero-order chi connectivity index (χ0) is 13.8. The number of pyridine rings is 1. The third-order valence-electron chi connectivity index (χ3n) is 3.54. The van der Waals surface area contributed by atoms with Crippen molar-refractivity contribution in [2.24, 2.45) is 0 Å². The number of nitrogens with zero attached hydrogens (tertiary/aromatic N) is 1. The van der Waals surface area contributed by atoms with E-state index in [4.69, 9.17) is 0 Å². The van der Waals surface area contributed by atoms with E-state index in [0.29, 0.717) is 6.54 Å². The molecule has 0 bridgehead atoms. The van der Waals surface area contributed by atoms with Crippen molar-refractivity contribution in [2.75, 3.05) is 11.9 Å². The van der Waals surface area contributed by atoms with Gasteiger partial charge in [-0.15, -0.1) is 0 Å². The van der Waals surface area contributed by atoms with E-state index in [1.165, 1.54) is 0 Å². The third-order valence-corrected chi connectivity index (χ3v) is 3.54. The van der Waals surface area contributed by atoms with Crippen molar-refractivity contribution < 1.29 is 4.79 Å². The lowest BCUT2D eigenvalue weighted by Gasteiger charge is -2.20. The molecule has 2 aromatic rings. The molecule has 0 aliphatic carbocycles. The molecule has 3 rings (SSSR count). The molecule has 20 heavy (non-hydrogen) atoms. The molecule has 0 spiro atoms. The number of aromatic nitrogens is 1. The van der Waals surface area contributed by atoms with Gasteiger partial charge in [-0.2, -0.15) is 0 Å². The van der Waals surface area contributed by atoms with Crippen LogP contribution in [0.25, 0.3) is 0 Å². The van der Waals surface area contributed by atoms with Gasteiger partial charge in [0.15, 0.2) is 0 Å². The minimum absolute atomic E-state index is 0.0117. The predicted molar refractivity (Wildman–Crippen MR) is 78.7 cm³/mol. The Morgan fingerprint density at radius 1 is 1.25 bits per heavy atom. The molecule has 0 fully saturated rings. The summed E-state index contributed by atoms with van der Waals surface area (Å²) in [5, 5.41) is 6.31. The molecule has 1 aliphatic heterocycles. The summed E-state index contributed by atoms with van der Waals surface area (Å²) >= 11 is 0. The molecule has 4 heteroatoms. The fraction of sp³-hybridized carbons (Fsp3) is 0.250. The number of amides is 1. The Morgan fingerprint density at radius 2 is 2.10 bits per heavy atom. The fourth-order valence-corrected chi connectivity index (χ4v) is 2.50. The highest BCUT2D eigenvalue weighted by atomic mass is 16.1. The van der Waals surface area contributed by atoms with Gasteiger partial charge in [-0.25, -0.2) is 0 Å². The molecule has 1 amide bonds. The number of hydrogen-bond acceptors (Lipinski definition) is 3. The van der Waals surface area contributed by atoms with Crippen LogP contribution < -0.4 is 10.6 Å². The Kier molecular flexibility index (Phi) is 3.63. The second-order valence-electron chi connectivity index (χ2n) is 4.90. The minimum Gasteiger partial charge on any atom is -0.385 e. The van der Waals surface area contributed by atoms with E-state index in [0.717, 1.165) is 41.8 Å². The van der Waals surface area contributed by atoms with Crippen LogP contribution in [0.5, 0.6) is 0 Å². The first kappa shape index (κ1) is 12.7. The first-order valence-electron chi connectivity index (χ1n) is 6.87. The molecular formula is C16H17N3O. The lowest BCUT2D eigenvalue weighted by molar-refractivity contribution is 0.0950.